The van der Waals surface area contributed by atoms with Gasteiger partial charge < -0.3 is 0 Å². The van der Waals surface area contributed by atoms with Crippen LogP contribution in [0.15, 0.2) is 36.4 Å². The van der Waals surface area contributed by atoms with E-state index in [1.54, 1.807) is 0 Å². The molecule has 82 valence electrons. The summed E-state index contributed by atoms with van der Waals surface area (Å²) in [7, 11) is 0. The standard InChI is InChI=1S/C15H16O/c1-10-2-5-12(6-3-10)15(16)14-9-11-4-7-13(14)8-11/h2-7,11,13-14H,8-9H2,1H3. The fraction of sp³-hybridized carbons (Fsp3) is 0.400. The highest BCUT2D eigenvalue weighted by molar-refractivity contribution is 5.98. The van der Waals surface area contributed by atoms with Crippen molar-refractivity contribution >= 4 is 5.78 Å². The van der Waals surface area contributed by atoms with E-state index in [1.165, 1.54) is 12.0 Å². The van der Waals surface area contributed by atoms with Crippen molar-refractivity contribution in [2.45, 2.75) is 19.8 Å². The lowest BCUT2D eigenvalue weighted by Crippen LogP contribution is -2.19. The molecule has 1 aromatic carbocycles. The Balaban J connectivity index is 1.83. The molecule has 1 saturated carbocycles. The number of hydrogen-bond acceptors (Lipinski definition) is 1. The highest BCUT2D eigenvalue weighted by Gasteiger charge is 2.39. The summed E-state index contributed by atoms with van der Waals surface area (Å²) < 4.78 is 0. The van der Waals surface area contributed by atoms with E-state index < -0.39 is 0 Å². The van der Waals surface area contributed by atoms with Crippen LogP contribution >= 0.6 is 0 Å². The van der Waals surface area contributed by atoms with Crippen molar-refractivity contribution in [2.75, 3.05) is 0 Å². The highest BCUT2D eigenvalue weighted by Crippen LogP contribution is 2.44. The second-order valence-corrected chi connectivity index (χ2v) is 5.12. The molecule has 0 heterocycles. The zero-order valence-corrected chi connectivity index (χ0v) is 9.52. The Morgan fingerprint density at radius 1 is 1.12 bits per heavy atom. The van der Waals surface area contributed by atoms with Crippen LogP contribution in [0.1, 0.15) is 28.8 Å². The van der Waals surface area contributed by atoms with Gasteiger partial charge in [0.05, 0.1) is 0 Å². The smallest absolute Gasteiger partial charge is 0.166 e. The molecule has 1 fully saturated rings. The molecule has 3 rings (SSSR count). The molecular weight excluding hydrogens is 196 g/mol. The van der Waals surface area contributed by atoms with Crippen LogP contribution in [0.2, 0.25) is 0 Å². The molecule has 1 nitrogen and oxygen atoms in total. The van der Waals surface area contributed by atoms with Crippen LogP contribution in [0.25, 0.3) is 0 Å². The van der Waals surface area contributed by atoms with E-state index >= 15 is 0 Å². The molecule has 3 atom stereocenters. The van der Waals surface area contributed by atoms with Gasteiger partial charge in [0.1, 0.15) is 0 Å². The molecule has 2 aliphatic rings. The summed E-state index contributed by atoms with van der Waals surface area (Å²) >= 11 is 0. The summed E-state index contributed by atoms with van der Waals surface area (Å²) in [6, 6.07) is 7.98. The Hall–Kier alpha value is -1.37. The van der Waals surface area contributed by atoms with Gasteiger partial charge in [-0.1, -0.05) is 42.0 Å². The number of carbonyl (C=O) groups is 1. The van der Waals surface area contributed by atoms with Crippen LogP contribution in [0.4, 0.5) is 0 Å². The lowest BCUT2D eigenvalue weighted by Gasteiger charge is -2.16. The molecule has 0 saturated heterocycles. The zero-order chi connectivity index (χ0) is 11.1. The average Bonchev–Trinajstić information content (AvgIpc) is 2.91. The molecule has 0 aromatic heterocycles. The number of rotatable bonds is 2. The van der Waals surface area contributed by atoms with Crippen LogP contribution in [0.5, 0.6) is 0 Å². The Bertz CT molecular complexity index is 441. The predicted molar refractivity (Wildman–Crippen MR) is 64.4 cm³/mol. The number of fused-ring (bicyclic) bond motifs is 2. The number of hydrogen-bond donors (Lipinski definition) is 0. The maximum Gasteiger partial charge on any atom is 0.166 e. The van der Waals surface area contributed by atoms with E-state index in [1.807, 2.05) is 24.3 Å². The molecule has 1 aromatic rings. The van der Waals surface area contributed by atoms with Gasteiger partial charge in [-0.3, -0.25) is 4.79 Å². The molecule has 0 N–H and O–H groups in total. The second-order valence-electron chi connectivity index (χ2n) is 5.12. The van der Waals surface area contributed by atoms with E-state index in [-0.39, 0.29) is 5.92 Å². The summed E-state index contributed by atoms with van der Waals surface area (Å²) in [6.07, 6.45) is 6.78. The number of allylic oxidation sites excluding steroid dienone is 2. The van der Waals surface area contributed by atoms with Crippen LogP contribution < -0.4 is 0 Å². The van der Waals surface area contributed by atoms with Crippen LogP contribution in [0, 0.1) is 24.7 Å². The van der Waals surface area contributed by atoms with Crippen LogP contribution in [-0.4, -0.2) is 5.78 Å². The predicted octanol–water partition coefficient (Wildman–Crippen LogP) is 3.39. The molecule has 0 spiro atoms. The molecule has 2 aliphatic carbocycles. The van der Waals surface area contributed by atoms with Gasteiger partial charge in [-0.05, 0) is 31.6 Å². The SMILES string of the molecule is Cc1ccc(C(=O)C2CC3C=CC2C3)cc1. The van der Waals surface area contributed by atoms with Gasteiger partial charge in [-0.25, -0.2) is 0 Å². The number of carbonyl (C=O) groups excluding carboxylic acids is 1. The largest absolute Gasteiger partial charge is 0.294 e. The van der Waals surface area contributed by atoms with Crippen molar-refractivity contribution in [1.82, 2.24) is 0 Å². The number of aryl methyl sites for hydroxylation is 1. The molecule has 1 heteroatoms. The number of ketones is 1. The molecule has 0 radical (unpaired) electrons. The third kappa shape index (κ3) is 1.51. The minimum absolute atomic E-state index is 0.248. The molecule has 2 bridgehead atoms. The zero-order valence-electron chi connectivity index (χ0n) is 9.52. The van der Waals surface area contributed by atoms with Gasteiger partial charge in [-0.15, -0.1) is 0 Å². The van der Waals surface area contributed by atoms with E-state index in [9.17, 15) is 4.79 Å². The van der Waals surface area contributed by atoms with Gasteiger partial charge in [-0.2, -0.15) is 0 Å². The Morgan fingerprint density at radius 3 is 2.44 bits per heavy atom. The van der Waals surface area contributed by atoms with Gasteiger partial charge in [0, 0.05) is 11.5 Å². The van der Waals surface area contributed by atoms with Crippen LogP contribution in [0.3, 0.4) is 0 Å². The Morgan fingerprint density at radius 2 is 1.88 bits per heavy atom. The summed E-state index contributed by atoms with van der Waals surface area (Å²) in [6.45, 7) is 2.05. The van der Waals surface area contributed by atoms with Crippen molar-refractivity contribution < 1.29 is 4.79 Å². The van der Waals surface area contributed by atoms with Crippen molar-refractivity contribution in [2.24, 2.45) is 17.8 Å². The fourth-order valence-corrected chi connectivity index (χ4v) is 3.01. The monoisotopic (exact) mass is 212 g/mol. The topological polar surface area (TPSA) is 17.1 Å². The summed E-state index contributed by atoms with van der Waals surface area (Å²) in [5.74, 6) is 1.78. The quantitative estimate of drug-likeness (QED) is 0.542. The first-order chi connectivity index (χ1) is 7.74. The summed E-state index contributed by atoms with van der Waals surface area (Å²) in [5.41, 5.74) is 2.10. The van der Waals surface area contributed by atoms with Crippen molar-refractivity contribution in [3.63, 3.8) is 0 Å². The molecule has 16 heavy (non-hydrogen) atoms. The van der Waals surface area contributed by atoms with Gasteiger partial charge in [0.15, 0.2) is 5.78 Å². The summed E-state index contributed by atoms with van der Waals surface area (Å²) in [4.78, 5) is 12.3. The van der Waals surface area contributed by atoms with E-state index in [4.69, 9.17) is 0 Å². The molecule has 3 unspecified atom stereocenters. The third-order valence-corrected chi connectivity index (χ3v) is 3.95. The van der Waals surface area contributed by atoms with Gasteiger partial charge in [0.2, 0.25) is 0 Å². The number of benzene rings is 1. The molecule has 0 aliphatic heterocycles. The third-order valence-electron chi connectivity index (χ3n) is 3.95. The average molecular weight is 212 g/mol. The van der Waals surface area contributed by atoms with Crippen molar-refractivity contribution in [1.29, 1.82) is 0 Å². The minimum Gasteiger partial charge on any atom is -0.294 e. The fourth-order valence-electron chi connectivity index (χ4n) is 3.01. The lowest BCUT2D eigenvalue weighted by molar-refractivity contribution is 0.0901. The van der Waals surface area contributed by atoms with Crippen molar-refractivity contribution in [3.8, 4) is 0 Å². The van der Waals surface area contributed by atoms with Crippen LogP contribution in [-0.2, 0) is 0 Å². The first-order valence-corrected chi connectivity index (χ1v) is 6.03. The van der Waals surface area contributed by atoms with E-state index in [0.717, 1.165) is 12.0 Å². The first kappa shape index (κ1) is 9.83. The normalized spacial score (nSPS) is 30.9. The number of Topliss-reactive ketones (excluding diaryl/α,β-unsaturated/α-hetero) is 1. The summed E-state index contributed by atoms with van der Waals surface area (Å²) in [5, 5.41) is 0. The van der Waals surface area contributed by atoms with E-state index in [2.05, 4.69) is 19.1 Å². The minimum atomic E-state index is 0.248. The molecule has 0 amide bonds. The lowest BCUT2D eigenvalue weighted by atomic mass is 9.86. The van der Waals surface area contributed by atoms with Crippen molar-refractivity contribution in [3.05, 3.63) is 47.5 Å². The van der Waals surface area contributed by atoms with E-state index in [0.29, 0.717) is 17.6 Å². The maximum absolute atomic E-state index is 12.3. The van der Waals surface area contributed by atoms with Gasteiger partial charge in [0.25, 0.3) is 0 Å². The Labute approximate surface area is 96.2 Å². The van der Waals surface area contributed by atoms with Gasteiger partial charge >= 0.3 is 0 Å². The maximum atomic E-state index is 12.3. The Kier molecular flexibility index (Phi) is 2.20. The first-order valence-electron chi connectivity index (χ1n) is 6.03. The second kappa shape index (κ2) is 3.58. The highest BCUT2D eigenvalue weighted by atomic mass is 16.1. The molecular formula is C15H16O.